The molecule has 36 heavy (non-hydrogen) atoms. The summed E-state index contributed by atoms with van der Waals surface area (Å²) in [5, 5.41) is 12.4. The minimum Gasteiger partial charge on any atom is -0.465 e. The maximum atomic E-state index is 13.1. The fourth-order valence-electron chi connectivity index (χ4n) is 5.23. The second kappa shape index (κ2) is 8.45. The lowest BCUT2D eigenvalue weighted by molar-refractivity contribution is -0.145. The van der Waals surface area contributed by atoms with Gasteiger partial charge in [0.25, 0.3) is 0 Å². The second-order valence-corrected chi connectivity index (χ2v) is 10.3. The van der Waals surface area contributed by atoms with Crippen LogP contribution in [0.5, 0.6) is 0 Å². The van der Waals surface area contributed by atoms with Gasteiger partial charge in [0.15, 0.2) is 0 Å². The molecule has 12 heteroatoms. The summed E-state index contributed by atoms with van der Waals surface area (Å²) >= 11 is 0. The average molecular weight is 505 g/mol. The number of amides is 3. The summed E-state index contributed by atoms with van der Waals surface area (Å²) in [6.45, 7) is 6.23. The number of carbonyl (C=O) groups is 3. The number of fused-ring (bicyclic) bond motifs is 1. The van der Waals surface area contributed by atoms with Gasteiger partial charge in [-0.3, -0.25) is 14.5 Å². The molecule has 3 amide bonds. The van der Waals surface area contributed by atoms with Crippen LogP contribution in [0.2, 0.25) is 0 Å². The Morgan fingerprint density at radius 2 is 1.81 bits per heavy atom. The minimum atomic E-state index is -4.68. The largest absolute Gasteiger partial charge is 0.465 e. The molecule has 1 aromatic carbocycles. The third-order valence-electron chi connectivity index (χ3n) is 7.37. The van der Waals surface area contributed by atoms with Gasteiger partial charge in [0.1, 0.15) is 6.04 Å². The number of primary amides is 1. The normalized spacial score (nSPS) is 23.2. The van der Waals surface area contributed by atoms with Crippen molar-refractivity contribution in [3.05, 3.63) is 47.5 Å². The van der Waals surface area contributed by atoms with Gasteiger partial charge < -0.3 is 16.2 Å². The van der Waals surface area contributed by atoms with Crippen LogP contribution in [0.15, 0.2) is 30.6 Å². The number of nitrogens with one attached hydrogen (secondary N) is 1. The number of alkyl halides is 3. The van der Waals surface area contributed by atoms with Gasteiger partial charge in [0, 0.05) is 36.6 Å². The minimum absolute atomic E-state index is 0.111. The summed E-state index contributed by atoms with van der Waals surface area (Å²) in [6, 6.07) is 3.54. The van der Waals surface area contributed by atoms with Gasteiger partial charge in [-0.2, -0.15) is 13.2 Å². The van der Waals surface area contributed by atoms with Crippen LogP contribution in [-0.4, -0.2) is 50.5 Å². The molecule has 0 radical (unpaired) electrons. The van der Waals surface area contributed by atoms with E-state index in [0.29, 0.717) is 11.1 Å². The van der Waals surface area contributed by atoms with Crippen LogP contribution in [0, 0.1) is 16.7 Å². The number of halogens is 3. The van der Waals surface area contributed by atoms with Gasteiger partial charge in [0.05, 0.1) is 0 Å². The van der Waals surface area contributed by atoms with Crippen LogP contribution < -0.4 is 11.1 Å². The number of nitrogens with zero attached hydrogens (tertiary/aromatic N) is 3. The molecule has 1 saturated heterocycles. The molecule has 3 atom stereocenters. The Kier molecular flexibility index (Phi) is 5.96. The maximum absolute atomic E-state index is 13.1. The first-order valence-electron chi connectivity index (χ1n) is 11.3. The van der Waals surface area contributed by atoms with Crippen molar-refractivity contribution in [3.63, 3.8) is 0 Å². The van der Waals surface area contributed by atoms with E-state index >= 15 is 0 Å². The Morgan fingerprint density at radius 1 is 1.17 bits per heavy atom. The highest BCUT2D eigenvalue weighted by molar-refractivity contribution is 5.95. The quantitative estimate of drug-likeness (QED) is 0.570. The molecule has 2 heterocycles. The molecule has 4 N–H and O–H groups in total. The third kappa shape index (κ3) is 4.35. The molecular weight excluding hydrogens is 479 g/mol. The topological polar surface area (TPSA) is 139 Å². The molecule has 9 nitrogen and oxygen atoms in total. The van der Waals surface area contributed by atoms with Crippen LogP contribution in [0.3, 0.4) is 0 Å². The summed E-state index contributed by atoms with van der Waals surface area (Å²) < 4.78 is 38.3. The van der Waals surface area contributed by atoms with Crippen LogP contribution in [0.1, 0.15) is 48.9 Å². The van der Waals surface area contributed by atoms with Crippen molar-refractivity contribution < 1.29 is 32.7 Å². The zero-order valence-electron chi connectivity index (χ0n) is 19.9. The smallest absolute Gasteiger partial charge is 0.451 e. The standard InChI is InChI=1S/C24H26F3N5O4/c1-22(2,3)23-7-16(23)17(32(11-23)21(35)36)19(34)29-8-13-6-12(4-5-15(13)18(28)33)14-9-30-20(31-10-14)24(25,26)27/h4-6,9-10,16-17H,7-8,11H2,1-3H3,(H2,28,33)(H,29,34)(H,35,36)/t16-,17+,23-/m1/s1. The number of rotatable bonds is 5. The lowest BCUT2D eigenvalue weighted by Crippen LogP contribution is -2.48. The summed E-state index contributed by atoms with van der Waals surface area (Å²) in [7, 11) is 0. The molecule has 1 saturated carbocycles. The second-order valence-electron chi connectivity index (χ2n) is 10.3. The molecule has 1 aromatic heterocycles. The van der Waals surface area contributed by atoms with E-state index < -0.39 is 36.0 Å². The van der Waals surface area contributed by atoms with E-state index in [9.17, 15) is 32.7 Å². The first-order valence-corrected chi connectivity index (χ1v) is 11.3. The molecule has 0 unspecified atom stereocenters. The number of aromatic nitrogens is 2. The van der Waals surface area contributed by atoms with E-state index in [1.54, 1.807) is 0 Å². The van der Waals surface area contributed by atoms with Crippen molar-refractivity contribution in [2.75, 3.05) is 6.54 Å². The number of hydrogen-bond acceptors (Lipinski definition) is 5. The Balaban J connectivity index is 1.56. The monoisotopic (exact) mass is 505 g/mol. The average Bonchev–Trinajstić information content (AvgIpc) is 3.42. The number of carboxylic acid groups (broad SMARTS) is 1. The van der Waals surface area contributed by atoms with Gasteiger partial charge in [-0.15, -0.1) is 0 Å². The molecule has 192 valence electrons. The molecule has 0 bridgehead atoms. The molecular formula is C24H26F3N5O4. The number of carbonyl (C=O) groups excluding carboxylic acids is 2. The fraction of sp³-hybridized carbons (Fsp3) is 0.458. The van der Waals surface area contributed by atoms with Crippen molar-refractivity contribution in [2.24, 2.45) is 22.5 Å². The van der Waals surface area contributed by atoms with Crippen LogP contribution in [0.25, 0.3) is 11.1 Å². The van der Waals surface area contributed by atoms with E-state index in [1.807, 2.05) is 20.8 Å². The number of nitrogens with two attached hydrogens (primary N) is 1. The summed E-state index contributed by atoms with van der Waals surface area (Å²) in [4.78, 5) is 44.8. The highest BCUT2D eigenvalue weighted by Gasteiger charge is 2.71. The fourth-order valence-corrected chi connectivity index (χ4v) is 5.23. The number of piperidine rings is 1. The molecule has 2 fully saturated rings. The Bertz CT molecular complexity index is 1230. The van der Waals surface area contributed by atoms with Gasteiger partial charge in [-0.1, -0.05) is 26.8 Å². The highest BCUT2D eigenvalue weighted by Crippen LogP contribution is 2.69. The van der Waals surface area contributed by atoms with E-state index in [-0.39, 0.29) is 41.0 Å². The van der Waals surface area contributed by atoms with Gasteiger partial charge in [-0.25, -0.2) is 14.8 Å². The van der Waals surface area contributed by atoms with E-state index in [2.05, 4.69) is 15.3 Å². The van der Waals surface area contributed by atoms with E-state index in [1.165, 1.54) is 23.1 Å². The lowest BCUT2D eigenvalue weighted by Gasteiger charge is -2.31. The molecule has 0 spiro atoms. The summed E-state index contributed by atoms with van der Waals surface area (Å²) in [6.07, 6.45) is -3.08. The molecule has 2 aromatic rings. The van der Waals surface area contributed by atoms with Crippen molar-refractivity contribution in [2.45, 2.75) is 46.0 Å². The van der Waals surface area contributed by atoms with E-state index in [4.69, 9.17) is 5.73 Å². The van der Waals surface area contributed by atoms with Gasteiger partial charge in [-0.05, 0) is 46.4 Å². The Labute approximate surface area is 204 Å². The van der Waals surface area contributed by atoms with Crippen LogP contribution in [0.4, 0.5) is 18.0 Å². The lowest BCUT2D eigenvalue weighted by atomic mass is 9.76. The molecule has 4 rings (SSSR count). The van der Waals surface area contributed by atoms with Crippen molar-refractivity contribution in [1.82, 2.24) is 20.2 Å². The number of hydrogen-bond donors (Lipinski definition) is 3. The maximum Gasteiger partial charge on any atom is 0.451 e. The van der Waals surface area contributed by atoms with Crippen LogP contribution in [-0.2, 0) is 17.5 Å². The first-order chi connectivity index (χ1) is 16.7. The third-order valence-corrected chi connectivity index (χ3v) is 7.37. The number of benzene rings is 1. The Hall–Kier alpha value is -3.70. The van der Waals surface area contributed by atoms with Crippen molar-refractivity contribution in [3.8, 4) is 11.1 Å². The van der Waals surface area contributed by atoms with Crippen LogP contribution >= 0.6 is 0 Å². The summed E-state index contributed by atoms with van der Waals surface area (Å²) in [5.41, 5.74) is 6.14. The predicted molar refractivity (Wildman–Crippen MR) is 121 cm³/mol. The zero-order chi connectivity index (χ0) is 26.6. The van der Waals surface area contributed by atoms with E-state index in [0.717, 1.165) is 18.8 Å². The number of likely N-dealkylation sites (tertiary alicyclic amines) is 1. The van der Waals surface area contributed by atoms with Gasteiger partial charge >= 0.3 is 12.3 Å². The predicted octanol–water partition coefficient (Wildman–Crippen LogP) is 3.29. The highest BCUT2D eigenvalue weighted by atomic mass is 19.4. The SMILES string of the molecule is CC(C)(C)[C@@]12C[C@@H]1[C@@H](C(=O)NCc1cc(-c3cnc(C(F)(F)F)nc3)ccc1C(N)=O)N(C(=O)O)C2. The zero-order valence-corrected chi connectivity index (χ0v) is 19.9. The first kappa shape index (κ1) is 25.4. The van der Waals surface area contributed by atoms with Crippen molar-refractivity contribution >= 4 is 17.9 Å². The molecule has 2 aliphatic rings. The van der Waals surface area contributed by atoms with Crippen molar-refractivity contribution in [1.29, 1.82) is 0 Å². The summed E-state index contributed by atoms with van der Waals surface area (Å²) in [5.74, 6) is -2.63. The van der Waals surface area contributed by atoms with Gasteiger partial charge in [0.2, 0.25) is 17.6 Å². The Morgan fingerprint density at radius 3 is 2.33 bits per heavy atom. The molecule has 1 aliphatic carbocycles. The molecule has 1 aliphatic heterocycles.